The zero-order valence-electron chi connectivity index (χ0n) is 11.2. The maximum absolute atomic E-state index is 13.1. The van der Waals surface area contributed by atoms with Crippen LogP contribution in [0.1, 0.15) is 38.2 Å². The van der Waals surface area contributed by atoms with E-state index in [1.807, 2.05) is 6.92 Å². The van der Waals surface area contributed by atoms with Crippen molar-refractivity contribution in [2.45, 2.75) is 50.7 Å². The number of aliphatic hydroxyl groups excluding tert-OH is 1. The van der Waals surface area contributed by atoms with Gasteiger partial charge in [-0.2, -0.15) is 0 Å². The van der Waals surface area contributed by atoms with E-state index in [1.165, 1.54) is 12.1 Å². The van der Waals surface area contributed by atoms with Gasteiger partial charge in [0, 0.05) is 19.1 Å². The average Bonchev–Trinajstić information content (AvgIpc) is 2.78. The Morgan fingerprint density at radius 2 is 1.79 bits per heavy atom. The van der Waals surface area contributed by atoms with Crippen molar-refractivity contribution in [2.75, 3.05) is 6.61 Å². The van der Waals surface area contributed by atoms with E-state index >= 15 is 0 Å². The van der Waals surface area contributed by atoms with Gasteiger partial charge in [-0.1, -0.05) is 12.8 Å². The first-order valence-electron chi connectivity index (χ1n) is 6.83. The van der Waals surface area contributed by atoms with Crippen molar-refractivity contribution in [3.63, 3.8) is 0 Å². The summed E-state index contributed by atoms with van der Waals surface area (Å²) in [5, 5.41) is 10.4. The van der Waals surface area contributed by atoms with E-state index in [4.69, 9.17) is 4.74 Å². The van der Waals surface area contributed by atoms with Crippen LogP contribution in [0.2, 0.25) is 0 Å². The minimum absolute atomic E-state index is 0.217. The monoisotopic (exact) mass is 270 g/mol. The average molecular weight is 270 g/mol. The first kappa shape index (κ1) is 14.4. The molecule has 1 fully saturated rings. The van der Waals surface area contributed by atoms with Gasteiger partial charge in [0.1, 0.15) is 11.6 Å². The molecule has 0 saturated heterocycles. The zero-order valence-corrected chi connectivity index (χ0v) is 11.2. The molecule has 2 nitrogen and oxygen atoms in total. The lowest BCUT2D eigenvalue weighted by Crippen LogP contribution is -2.43. The third-order valence-electron chi connectivity index (χ3n) is 3.84. The number of aliphatic hydroxyl groups is 1. The van der Waals surface area contributed by atoms with E-state index in [0.717, 1.165) is 31.7 Å². The normalized spacial score (nSPS) is 19.6. The molecule has 0 radical (unpaired) electrons. The lowest BCUT2D eigenvalue weighted by Gasteiger charge is -2.34. The molecule has 0 spiro atoms. The van der Waals surface area contributed by atoms with Gasteiger partial charge in [-0.3, -0.25) is 0 Å². The summed E-state index contributed by atoms with van der Waals surface area (Å²) in [6, 6.07) is 3.37. The Morgan fingerprint density at radius 3 is 2.32 bits per heavy atom. The zero-order chi connectivity index (χ0) is 13.9. The van der Waals surface area contributed by atoms with Crippen molar-refractivity contribution in [1.82, 2.24) is 0 Å². The molecule has 1 aliphatic carbocycles. The Bertz CT molecular complexity index is 408. The molecule has 19 heavy (non-hydrogen) atoms. The predicted molar refractivity (Wildman–Crippen MR) is 68.9 cm³/mol. The summed E-state index contributed by atoms with van der Waals surface area (Å²) in [6.45, 7) is 2.43. The molecule has 1 unspecified atom stereocenters. The summed E-state index contributed by atoms with van der Waals surface area (Å²) < 4.78 is 32.0. The fourth-order valence-electron chi connectivity index (χ4n) is 2.97. The number of halogens is 2. The van der Waals surface area contributed by atoms with Crippen LogP contribution < -0.4 is 0 Å². The summed E-state index contributed by atoms with van der Waals surface area (Å²) in [6.07, 6.45) is 3.15. The van der Waals surface area contributed by atoms with Gasteiger partial charge in [-0.15, -0.1) is 0 Å². The Balaban J connectivity index is 2.12. The van der Waals surface area contributed by atoms with Crippen LogP contribution in [0.25, 0.3) is 0 Å². The molecule has 1 N–H and O–H groups in total. The molecular weight excluding hydrogens is 250 g/mol. The van der Waals surface area contributed by atoms with E-state index < -0.39 is 23.3 Å². The number of benzene rings is 1. The Kier molecular flexibility index (Phi) is 4.53. The van der Waals surface area contributed by atoms with Crippen molar-refractivity contribution in [3.8, 4) is 0 Å². The summed E-state index contributed by atoms with van der Waals surface area (Å²) in [4.78, 5) is 0. The molecular formula is C15H20F2O2. The molecule has 106 valence electrons. The Hall–Kier alpha value is -1.00. The van der Waals surface area contributed by atoms with Gasteiger partial charge < -0.3 is 9.84 Å². The molecule has 1 saturated carbocycles. The summed E-state index contributed by atoms with van der Waals surface area (Å²) in [7, 11) is 0. The highest BCUT2D eigenvalue weighted by atomic mass is 19.1. The van der Waals surface area contributed by atoms with Crippen LogP contribution in [0.15, 0.2) is 18.2 Å². The highest BCUT2D eigenvalue weighted by Gasteiger charge is 2.41. The molecule has 1 atom stereocenters. The quantitative estimate of drug-likeness (QED) is 0.890. The summed E-state index contributed by atoms with van der Waals surface area (Å²) >= 11 is 0. The molecule has 0 amide bonds. The summed E-state index contributed by atoms with van der Waals surface area (Å²) in [5.41, 5.74) is -0.0756. The number of rotatable bonds is 5. The third kappa shape index (κ3) is 3.31. The highest BCUT2D eigenvalue weighted by Crippen LogP contribution is 2.37. The number of hydrogen-bond donors (Lipinski definition) is 1. The molecule has 0 aromatic heterocycles. The van der Waals surface area contributed by atoms with Crippen LogP contribution in [0, 0.1) is 11.6 Å². The maximum Gasteiger partial charge on any atom is 0.126 e. The van der Waals surface area contributed by atoms with E-state index in [1.54, 1.807) is 0 Å². The van der Waals surface area contributed by atoms with Gasteiger partial charge in [-0.05, 0) is 37.5 Å². The van der Waals surface area contributed by atoms with E-state index in [0.29, 0.717) is 12.2 Å². The van der Waals surface area contributed by atoms with Crippen LogP contribution in [0.4, 0.5) is 8.78 Å². The van der Waals surface area contributed by atoms with Gasteiger partial charge in [-0.25, -0.2) is 8.78 Å². The fourth-order valence-corrected chi connectivity index (χ4v) is 2.97. The summed E-state index contributed by atoms with van der Waals surface area (Å²) in [5.74, 6) is -1.22. The first-order valence-corrected chi connectivity index (χ1v) is 6.83. The van der Waals surface area contributed by atoms with Gasteiger partial charge in [0.2, 0.25) is 0 Å². The highest BCUT2D eigenvalue weighted by molar-refractivity contribution is 5.19. The van der Waals surface area contributed by atoms with Gasteiger partial charge >= 0.3 is 0 Å². The molecule has 0 heterocycles. The second-order valence-electron chi connectivity index (χ2n) is 5.20. The molecule has 0 aliphatic heterocycles. The van der Waals surface area contributed by atoms with Gasteiger partial charge in [0.05, 0.1) is 11.7 Å². The van der Waals surface area contributed by atoms with Crippen LogP contribution >= 0.6 is 0 Å². The van der Waals surface area contributed by atoms with Gasteiger partial charge in [0.25, 0.3) is 0 Å². The second kappa shape index (κ2) is 5.97. The smallest absolute Gasteiger partial charge is 0.126 e. The fraction of sp³-hybridized carbons (Fsp3) is 0.600. The van der Waals surface area contributed by atoms with Crippen molar-refractivity contribution >= 4 is 0 Å². The largest absolute Gasteiger partial charge is 0.390 e. The lowest BCUT2D eigenvalue weighted by molar-refractivity contribution is -0.115. The predicted octanol–water partition coefficient (Wildman–Crippen LogP) is 3.22. The van der Waals surface area contributed by atoms with Crippen LogP contribution in [-0.4, -0.2) is 23.4 Å². The third-order valence-corrected chi connectivity index (χ3v) is 3.84. The Labute approximate surface area is 112 Å². The Morgan fingerprint density at radius 1 is 1.21 bits per heavy atom. The van der Waals surface area contributed by atoms with Gasteiger partial charge in [0.15, 0.2) is 0 Å². The lowest BCUT2D eigenvalue weighted by atomic mass is 9.89. The van der Waals surface area contributed by atoms with Crippen molar-refractivity contribution < 1.29 is 18.6 Å². The molecule has 0 bridgehead atoms. The maximum atomic E-state index is 13.1. The molecule has 2 rings (SSSR count). The van der Waals surface area contributed by atoms with Crippen molar-refractivity contribution in [1.29, 1.82) is 0 Å². The van der Waals surface area contributed by atoms with Crippen LogP contribution in [0.3, 0.4) is 0 Å². The van der Waals surface area contributed by atoms with Crippen LogP contribution in [-0.2, 0) is 11.2 Å². The SMILES string of the molecule is CCOC1(C(O)Cc2cc(F)cc(F)c2)CCCC1. The van der Waals surface area contributed by atoms with E-state index in [-0.39, 0.29) is 6.42 Å². The standard InChI is InChI=1S/C15H20F2O2/c1-2-19-15(5-3-4-6-15)14(18)9-11-7-12(16)10-13(17)8-11/h7-8,10,14,18H,2-6,9H2,1H3. The molecule has 4 heteroatoms. The minimum atomic E-state index is -0.726. The minimum Gasteiger partial charge on any atom is -0.390 e. The number of ether oxygens (including phenoxy) is 1. The van der Waals surface area contributed by atoms with Crippen LogP contribution in [0.5, 0.6) is 0 Å². The van der Waals surface area contributed by atoms with E-state index in [2.05, 4.69) is 0 Å². The number of hydrogen-bond acceptors (Lipinski definition) is 2. The van der Waals surface area contributed by atoms with Crippen molar-refractivity contribution in [2.24, 2.45) is 0 Å². The molecule has 1 aromatic rings. The topological polar surface area (TPSA) is 29.5 Å². The first-order chi connectivity index (χ1) is 9.05. The van der Waals surface area contributed by atoms with Crippen molar-refractivity contribution in [3.05, 3.63) is 35.4 Å². The second-order valence-corrected chi connectivity index (χ2v) is 5.20. The molecule has 1 aliphatic rings. The van der Waals surface area contributed by atoms with E-state index in [9.17, 15) is 13.9 Å². The molecule has 1 aromatic carbocycles.